The molecule has 0 saturated heterocycles. The maximum absolute atomic E-state index is 5.58. The van der Waals surface area contributed by atoms with Crippen molar-refractivity contribution < 1.29 is 28.4 Å². The molecule has 0 atom stereocenters. The molecule has 6 heteroatoms. The van der Waals surface area contributed by atoms with E-state index in [0.29, 0.717) is 72.7 Å². The third-order valence-electron chi connectivity index (χ3n) is 4.19. The molecule has 29 heavy (non-hydrogen) atoms. The molecule has 0 bridgehead atoms. The lowest BCUT2D eigenvalue weighted by molar-refractivity contribution is -0.0156. The zero-order valence-corrected chi connectivity index (χ0v) is 18.7. The molecule has 0 fully saturated rings. The van der Waals surface area contributed by atoms with E-state index in [1.54, 1.807) is 0 Å². The molecule has 0 heterocycles. The molecule has 0 aliphatic heterocycles. The van der Waals surface area contributed by atoms with Crippen LogP contribution >= 0.6 is 0 Å². The second kappa shape index (κ2) is 27.3. The molecule has 0 aromatic heterocycles. The largest absolute Gasteiger partial charge is 0.379 e. The van der Waals surface area contributed by atoms with E-state index < -0.39 is 0 Å². The SMILES string of the molecule is C#CCOCCOCCOCCOCCOCCOCCCCCCCCCC. The van der Waals surface area contributed by atoms with Crippen molar-refractivity contribution in [3.05, 3.63) is 0 Å². The average Bonchev–Trinajstić information content (AvgIpc) is 2.74. The van der Waals surface area contributed by atoms with E-state index in [4.69, 9.17) is 34.8 Å². The van der Waals surface area contributed by atoms with Crippen LogP contribution < -0.4 is 0 Å². The molecule has 6 nitrogen and oxygen atoms in total. The molecule has 0 aromatic carbocycles. The Morgan fingerprint density at radius 3 is 1.21 bits per heavy atom. The first-order valence-corrected chi connectivity index (χ1v) is 11.3. The van der Waals surface area contributed by atoms with Gasteiger partial charge in [-0.3, -0.25) is 0 Å². The molecule has 0 spiro atoms. The van der Waals surface area contributed by atoms with Crippen molar-refractivity contribution in [2.75, 3.05) is 79.3 Å². The Morgan fingerprint density at radius 2 is 0.793 bits per heavy atom. The third-order valence-corrected chi connectivity index (χ3v) is 4.19. The molecular weight excluding hydrogens is 372 g/mol. The third kappa shape index (κ3) is 27.3. The molecule has 0 aliphatic carbocycles. The Balaban J connectivity index is 2.98. The van der Waals surface area contributed by atoms with Gasteiger partial charge in [0.15, 0.2) is 0 Å². The van der Waals surface area contributed by atoms with Crippen molar-refractivity contribution in [2.45, 2.75) is 58.3 Å². The minimum absolute atomic E-state index is 0.327. The van der Waals surface area contributed by atoms with Crippen LogP contribution in [0.2, 0.25) is 0 Å². The van der Waals surface area contributed by atoms with Gasteiger partial charge in [0.1, 0.15) is 6.61 Å². The van der Waals surface area contributed by atoms with Gasteiger partial charge < -0.3 is 28.4 Å². The molecule has 0 saturated carbocycles. The first-order chi connectivity index (χ1) is 14.4. The number of hydrogen-bond donors (Lipinski definition) is 0. The molecule has 0 rings (SSSR count). The maximum Gasteiger partial charge on any atom is 0.107 e. The Morgan fingerprint density at radius 1 is 0.448 bits per heavy atom. The number of ether oxygens (including phenoxy) is 6. The highest BCUT2D eigenvalue weighted by Crippen LogP contribution is 2.08. The lowest BCUT2D eigenvalue weighted by Crippen LogP contribution is -2.14. The van der Waals surface area contributed by atoms with Crippen molar-refractivity contribution >= 4 is 0 Å². The van der Waals surface area contributed by atoms with E-state index in [0.717, 1.165) is 13.0 Å². The van der Waals surface area contributed by atoms with Gasteiger partial charge in [-0.2, -0.15) is 0 Å². The van der Waals surface area contributed by atoms with Crippen LogP contribution in [-0.4, -0.2) is 79.3 Å². The van der Waals surface area contributed by atoms with Crippen LogP contribution in [0.1, 0.15) is 58.3 Å². The summed E-state index contributed by atoms with van der Waals surface area (Å²) in [5.74, 6) is 2.40. The van der Waals surface area contributed by atoms with Crippen molar-refractivity contribution in [3.8, 4) is 12.3 Å². The van der Waals surface area contributed by atoms with E-state index in [2.05, 4.69) is 12.8 Å². The predicted octanol–water partition coefficient (Wildman–Crippen LogP) is 3.86. The zero-order chi connectivity index (χ0) is 21.1. The summed E-state index contributed by atoms with van der Waals surface area (Å²) in [5, 5.41) is 0. The highest BCUT2D eigenvalue weighted by Gasteiger charge is 1.95. The van der Waals surface area contributed by atoms with E-state index in [9.17, 15) is 0 Å². The highest BCUT2D eigenvalue weighted by molar-refractivity contribution is 4.82. The molecule has 0 amide bonds. The summed E-state index contributed by atoms with van der Waals surface area (Å²) in [6.45, 7) is 9.11. The Bertz CT molecular complexity index is 332. The van der Waals surface area contributed by atoms with Crippen molar-refractivity contribution in [1.29, 1.82) is 0 Å². The zero-order valence-electron chi connectivity index (χ0n) is 18.7. The maximum atomic E-state index is 5.58. The van der Waals surface area contributed by atoms with Crippen LogP contribution in [0, 0.1) is 12.3 Å². The lowest BCUT2D eigenvalue weighted by Gasteiger charge is -2.08. The average molecular weight is 417 g/mol. The van der Waals surface area contributed by atoms with Crippen molar-refractivity contribution in [2.24, 2.45) is 0 Å². The smallest absolute Gasteiger partial charge is 0.107 e. The minimum Gasteiger partial charge on any atom is -0.379 e. The fourth-order valence-corrected chi connectivity index (χ4v) is 2.57. The van der Waals surface area contributed by atoms with E-state index in [-0.39, 0.29) is 0 Å². The Kier molecular flexibility index (Phi) is 26.7. The van der Waals surface area contributed by atoms with Gasteiger partial charge in [0.05, 0.1) is 66.1 Å². The first-order valence-electron chi connectivity index (χ1n) is 11.3. The number of hydrogen-bond acceptors (Lipinski definition) is 6. The van der Waals surface area contributed by atoms with Gasteiger partial charge in [-0.05, 0) is 6.42 Å². The molecule has 0 unspecified atom stereocenters. The van der Waals surface area contributed by atoms with E-state index in [1.807, 2.05) is 0 Å². The number of terminal acetylenes is 1. The number of rotatable bonds is 25. The fraction of sp³-hybridized carbons (Fsp3) is 0.913. The van der Waals surface area contributed by atoms with Crippen LogP contribution in [0.25, 0.3) is 0 Å². The minimum atomic E-state index is 0.327. The quantitative estimate of drug-likeness (QED) is 0.166. The molecule has 0 N–H and O–H groups in total. The number of unbranched alkanes of at least 4 members (excludes halogenated alkanes) is 7. The fourth-order valence-electron chi connectivity index (χ4n) is 2.57. The Hall–Kier alpha value is -0.680. The van der Waals surface area contributed by atoms with Crippen LogP contribution in [0.5, 0.6) is 0 Å². The normalized spacial score (nSPS) is 11.0. The summed E-state index contributed by atoms with van der Waals surface area (Å²) in [5.41, 5.74) is 0. The molecule has 0 aromatic rings. The first kappa shape index (κ1) is 28.3. The second-order valence-corrected chi connectivity index (χ2v) is 6.79. The van der Waals surface area contributed by atoms with E-state index in [1.165, 1.54) is 44.9 Å². The van der Waals surface area contributed by atoms with Crippen LogP contribution in [0.3, 0.4) is 0 Å². The van der Waals surface area contributed by atoms with Crippen LogP contribution in [-0.2, 0) is 28.4 Å². The van der Waals surface area contributed by atoms with Gasteiger partial charge in [0.25, 0.3) is 0 Å². The molecular formula is C23H44O6. The van der Waals surface area contributed by atoms with Gasteiger partial charge >= 0.3 is 0 Å². The second-order valence-electron chi connectivity index (χ2n) is 6.79. The van der Waals surface area contributed by atoms with Crippen LogP contribution in [0.15, 0.2) is 0 Å². The van der Waals surface area contributed by atoms with Gasteiger partial charge in [-0.25, -0.2) is 0 Å². The van der Waals surface area contributed by atoms with Gasteiger partial charge in [-0.1, -0.05) is 57.8 Å². The summed E-state index contributed by atoms with van der Waals surface area (Å²) < 4.78 is 32.3. The predicted molar refractivity (Wildman–Crippen MR) is 116 cm³/mol. The summed E-state index contributed by atoms with van der Waals surface area (Å²) in [7, 11) is 0. The van der Waals surface area contributed by atoms with Gasteiger partial charge in [0, 0.05) is 6.61 Å². The summed E-state index contributed by atoms with van der Waals surface area (Å²) in [4.78, 5) is 0. The Labute approximate surface area is 178 Å². The topological polar surface area (TPSA) is 55.4 Å². The van der Waals surface area contributed by atoms with Gasteiger partial charge in [0.2, 0.25) is 0 Å². The van der Waals surface area contributed by atoms with E-state index >= 15 is 0 Å². The monoisotopic (exact) mass is 416 g/mol. The summed E-state index contributed by atoms with van der Waals surface area (Å²) in [6, 6.07) is 0. The van der Waals surface area contributed by atoms with Crippen LogP contribution in [0.4, 0.5) is 0 Å². The highest BCUT2D eigenvalue weighted by atomic mass is 16.6. The standard InChI is InChI=1S/C23H44O6/c1-3-5-6-7-8-9-10-11-13-25-15-17-27-19-21-29-23-22-28-20-18-26-16-14-24-12-4-2/h2H,3,5-23H2,1H3. The van der Waals surface area contributed by atoms with Crippen molar-refractivity contribution in [1.82, 2.24) is 0 Å². The lowest BCUT2D eigenvalue weighted by atomic mass is 10.1. The van der Waals surface area contributed by atoms with Gasteiger partial charge in [-0.15, -0.1) is 6.42 Å². The molecule has 0 radical (unpaired) electrons. The molecule has 0 aliphatic rings. The molecule has 172 valence electrons. The van der Waals surface area contributed by atoms with Crippen molar-refractivity contribution in [3.63, 3.8) is 0 Å². The summed E-state index contributed by atoms with van der Waals surface area (Å²) in [6.07, 6.45) is 15.7. The summed E-state index contributed by atoms with van der Waals surface area (Å²) >= 11 is 0.